The highest BCUT2D eigenvalue weighted by Gasteiger charge is 2.25. The molecule has 0 aromatic heterocycles. The van der Waals surface area contributed by atoms with Crippen LogP contribution in [0.15, 0.2) is 23.1 Å². The van der Waals surface area contributed by atoms with Crippen LogP contribution in [0.1, 0.15) is 28.8 Å². The number of sulfonamides is 1. The van der Waals surface area contributed by atoms with Crippen molar-refractivity contribution in [1.29, 1.82) is 0 Å². The number of amides is 1. The Labute approximate surface area is 113 Å². The molecule has 1 amide bonds. The maximum atomic E-state index is 12.2. The maximum Gasteiger partial charge on any atom is 0.253 e. The SMILES string of the molecule is Cc1cc(C(=O)N(C)CC2CC2)cc(S(N)(=O)=O)c1. The van der Waals surface area contributed by atoms with Crippen molar-refractivity contribution in [2.75, 3.05) is 13.6 Å². The zero-order chi connectivity index (χ0) is 14.2. The molecular formula is C13H18N2O3S. The van der Waals surface area contributed by atoms with Crippen molar-refractivity contribution >= 4 is 15.9 Å². The van der Waals surface area contributed by atoms with Crippen LogP contribution in [-0.2, 0) is 10.0 Å². The lowest BCUT2D eigenvalue weighted by atomic mass is 10.1. The fourth-order valence-corrected chi connectivity index (χ4v) is 2.67. The van der Waals surface area contributed by atoms with E-state index in [2.05, 4.69) is 0 Å². The van der Waals surface area contributed by atoms with Crippen LogP contribution in [0.5, 0.6) is 0 Å². The predicted octanol–water partition coefficient (Wildman–Crippen LogP) is 1.12. The number of benzene rings is 1. The van der Waals surface area contributed by atoms with Crippen molar-refractivity contribution in [3.63, 3.8) is 0 Å². The zero-order valence-electron chi connectivity index (χ0n) is 11.1. The molecule has 0 unspecified atom stereocenters. The molecular weight excluding hydrogens is 264 g/mol. The molecule has 0 saturated heterocycles. The molecule has 0 radical (unpaired) electrons. The Morgan fingerprint density at radius 2 is 2.00 bits per heavy atom. The second-order valence-corrected chi connectivity index (χ2v) is 6.77. The van der Waals surface area contributed by atoms with Crippen LogP contribution in [0.2, 0.25) is 0 Å². The summed E-state index contributed by atoms with van der Waals surface area (Å²) in [5.41, 5.74) is 1.07. The predicted molar refractivity (Wildman–Crippen MR) is 72.2 cm³/mol. The molecule has 1 fully saturated rings. The first-order valence-corrected chi connectivity index (χ1v) is 7.72. The summed E-state index contributed by atoms with van der Waals surface area (Å²) < 4.78 is 22.7. The van der Waals surface area contributed by atoms with Gasteiger partial charge in [0.15, 0.2) is 0 Å². The number of hydrogen-bond donors (Lipinski definition) is 1. The smallest absolute Gasteiger partial charge is 0.253 e. The van der Waals surface area contributed by atoms with Crippen molar-refractivity contribution in [2.45, 2.75) is 24.7 Å². The maximum absolute atomic E-state index is 12.2. The van der Waals surface area contributed by atoms with Gasteiger partial charge in [0.05, 0.1) is 4.90 Å². The number of aryl methyl sites for hydroxylation is 1. The Kier molecular flexibility index (Phi) is 3.64. The molecule has 0 atom stereocenters. The van der Waals surface area contributed by atoms with Gasteiger partial charge in [-0.05, 0) is 49.4 Å². The molecule has 6 heteroatoms. The van der Waals surface area contributed by atoms with Crippen molar-refractivity contribution < 1.29 is 13.2 Å². The van der Waals surface area contributed by atoms with E-state index in [0.717, 1.165) is 19.4 Å². The molecule has 19 heavy (non-hydrogen) atoms. The van der Waals surface area contributed by atoms with Crippen LogP contribution in [0.25, 0.3) is 0 Å². The second kappa shape index (κ2) is 4.94. The molecule has 2 rings (SSSR count). The van der Waals surface area contributed by atoms with Crippen LogP contribution >= 0.6 is 0 Å². The lowest BCUT2D eigenvalue weighted by molar-refractivity contribution is 0.0788. The first-order chi connectivity index (χ1) is 8.77. The van der Waals surface area contributed by atoms with E-state index in [1.54, 1.807) is 24.9 Å². The van der Waals surface area contributed by atoms with Gasteiger partial charge in [0.1, 0.15) is 0 Å². The number of hydrogen-bond acceptors (Lipinski definition) is 3. The molecule has 5 nitrogen and oxygen atoms in total. The highest BCUT2D eigenvalue weighted by atomic mass is 32.2. The summed E-state index contributed by atoms with van der Waals surface area (Å²) in [5.74, 6) is 0.428. The Bertz CT molecular complexity index is 606. The third-order valence-electron chi connectivity index (χ3n) is 3.20. The average Bonchev–Trinajstić information content (AvgIpc) is 3.09. The summed E-state index contributed by atoms with van der Waals surface area (Å²) in [6.07, 6.45) is 2.32. The molecule has 2 N–H and O–H groups in total. The first kappa shape index (κ1) is 14.0. The van der Waals surface area contributed by atoms with Gasteiger partial charge < -0.3 is 4.90 Å². The largest absolute Gasteiger partial charge is 0.341 e. The molecule has 1 aliphatic rings. The minimum Gasteiger partial charge on any atom is -0.341 e. The Morgan fingerprint density at radius 3 is 2.53 bits per heavy atom. The van der Waals surface area contributed by atoms with Crippen LogP contribution in [-0.4, -0.2) is 32.8 Å². The molecule has 1 aromatic carbocycles. The molecule has 104 valence electrons. The standard InChI is InChI=1S/C13H18N2O3S/c1-9-5-11(7-12(6-9)19(14,17)18)13(16)15(2)8-10-3-4-10/h5-7,10H,3-4,8H2,1-2H3,(H2,14,17,18). The van der Waals surface area contributed by atoms with E-state index in [-0.39, 0.29) is 10.8 Å². The van der Waals surface area contributed by atoms with Crippen LogP contribution < -0.4 is 5.14 Å². The van der Waals surface area contributed by atoms with Gasteiger partial charge in [0.25, 0.3) is 5.91 Å². The quantitative estimate of drug-likeness (QED) is 0.898. The van der Waals surface area contributed by atoms with E-state index in [0.29, 0.717) is 17.0 Å². The van der Waals surface area contributed by atoms with Crippen molar-refractivity contribution in [1.82, 2.24) is 4.90 Å². The lowest BCUT2D eigenvalue weighted by Crippen LogP contribution is -2.29. The summed E-state index contributed by atoms with van der Waals surface area (Å²) in [6.45, 7) is 2.46. The summed E-state index contributed by atoms with van der Waals surface area (Å²) in [7, 11) is -2.05. The average molecular weight is 282 g/mol. The van der Waals surface area contributed by atoms with Gasteiger partial charge in [-0.15, -0.1) is 0 Å². The number of carbonyl (C=O) groups excluding carboxylic acids is 1. The molecule has 0 spiro atoms. The highest BCUT2D eigenvalue weighted by molar-refractivity contribution is 7.89. The van der Waals surface area contributed by atoms with E-state index in [9.17, 15) is 13.2 Å². The molecule has 0 bridgehead atoms. The van der Waals surface area contributed by atoms with Crippen LogP contribution in [0.3, 0.4) is 0 Å². The van der Waals surface area contributed by atoms with Gasteiger partial charge in [0.2, 0.25) is 10.0 Å². The normalized spacial score (nSPS) is 15.3. The lowest BCUT2D eigenvalue weighted by Gasteiger charge is -2.17. The second-order valence-electron chi connectivity index (χ2n) is 5.21. The summed E-state index contributed by atoms with van der Waals surface area (Å²) >= 11 is 0. The Balaban J connectivity index is 2.28. The Morgan fingerprint density at radius 1 is 1.37 bits per heavy atom. The first-order valence-electron chi connectivity index (χ1n) is 6.17. The summed E-state index contributed by atoms with van der Waals surface area (Å²) in [4.78, 5) is 13.8. The number of nitrogens with two attached hydrogens (primary N) is 1. The van der Waals surface area contributed by atoms with Gasteiger partial charge in [-0.1, -0.05) is 0 Å². The minimum atomic E-state index is -3.79. The highest BCUT2D eigenvalue weighted by Crippen LogP contribution is 2.29. The Hall–Kier alpha value is -1.40. The molecule has 1 saturated carbocycles. The van der Waals surface area contributed by atoms with E-state index in [1.165, 1.54) is 12.1 Å². The number of primary sulfonamides is 1. The van der Waals surface area contributed by atoms with Gasteiger partial charge >= 0.3 is 0 Å². The van der Waals surface area contributed by atoms with Crippen molar-refractivity contribution in [3.8, 4) is 0 Å². The molecule has 0 aliphatic heterocycles. The van der Waals surface area contributed by atoms with E-state index < -0.39 is 10.0 Å². The topological polar surface area (TPSA) is 80.5 Å². The molecule has 0 heterocycles. The van der Waals surface area contributed by atoms with Crippen LogP contribution in [0, 0.1) is 12.8 Å². The fourth-order valence-electron chi connectivity index (χ4n) is 2.03. The monoisotopic (exact) mass is 282 g/mol. The van der Waals surface area contributed by atoms with Gasteiger partial charge in [-0.2, -0.15) is 0 Å². The minimum absolute atomic E-state index is 0.0179. The van der Waals surface area contributed by atoms with Crippen molar-refractivity contribution in [2.24, 2.45) is 11.1 Å². The summed E-state index contributed by atoms with van der Waals surface area (Å²) in [5, 5.41) is 5.11. The van der Waals surface area contributed by atoms with Gasteiger partial charge in [0, 0.05) is 19.2 Å². The number of nitrogens with zero attached hydrogens (tertiary/aromatic N) is 1. The molecule has 1 aromatic rings. The zero-order valence-corrected chi connectivity index (χ0v) is 11.9. The van der Waals surface area contributed by atoms with E-state index in [1.807, 2.05) is 0 Å². The fraction of sp³-hybridized carbons (Fsp3) is 0.462. The van der Waals surface area contributed by atoms with E-state index >= 15 is 0 Å². The van der Waals surface area contributed by atoms with Crippen LogP contribution in [0.4, 0.5) is 0 Å². The molecule has 1 aliphatic carbocycles. The van der Waals surface area contributed by atoms with E-state index in [4.69, 9.17) is 5.14 Å². The van der Waals surface area contributed by atoms with Crippen molar-refractivity contribution in [3.05, 3.63) is 29.3 Å². The third-order valence-corrected chi connectivity index (χ3v) is 4.09. The summed E-state index contributed by atoms with van der Waals surface area (Å²) in [6, 6.07) is 4.49. The number of rotatable bonds is 4. The van der Waals surface area contributed by atoms with Gasteiger partial charge in [-0.25, -0.2) is 13.6 Å². The third kappa shape index (κ3) is 3.54. The van der Waals surface area contributed by atoms with Gasteiger partial charge in [-0.3, -0.25) is 4.79 Å². The number of carbonyl (C=O) groups is 1.